The van der Waals surface area contributed by atoms with Crippen LogP contribution in [0.3, 0.4) is 0 Å². The Kier molecular flexibility index (Phi) is 3.82. The molecule has 0 radical (unpaired) electrons. The number of hydrogen-bond acceptors (Lipinski definition) is 6. The maximum absolute atomic E-state index is 11.4. The fourth-order valence-corrected chi connectivity index (χ4v) is 1.28. The van der Waals surface area contributed by atoms with Gasteiger partial charge in [0, 0.05) is 6.20 Å². The van der Waals surface area contributed by atoms with Gasteiger partial charge in [0.15, 0.2) is 5.82 Å². The Morgan fingerprint density at radius 3 is 3.17 bits per heavy atom. The van der Waals surface area contributed by atoms with Gasteiger partial charge in [-0.15, -0.1) is 0 Å². The van der Waals surface area contributed by atoms with Gasteiger partial charge in [0.25, 0.3) is 0 Å². The lowest BCUT2D eigenvalue weighted by Gasteiger charge is -2.09. The topological polar surface area (TPSA) is 102 Å². The van der Waals surface area contributed by atoms with Crippen LogP contribution in [0.15, 0.2) is 31.0 Å². The number of aliphatic hydroxyl groups excluding tert-OH is 1. The highest BCUT2D eigenvalue weighted by atomic mass is 16.6. The summed E-state index contributed by atoms with van der Waals surface area (Å²) >= 11 is 0. The summed E-state index contributed by atoms with van der Waals surface area (Å²) in [6.45, 7) is -0.291. The van der Waals surface area contributed by atoms with E-state index in [-0.39, 0.29) is 13.2 Å². The van der Waals surface area contributed by atoms with Crippen molar-refractivity contribution in [3.8, 4) is 5.82 Å². The standard InChI is InChI=1S/C10H11N5O3/c16-4-5-18-10(17)14-8-2-1-3-12-9(8)15-7-11-6-13-15/h1-3,6-7,16H,4-5H2,(H,14,17). The number of carbonyl (C=O) groups excluding carboxylic acids is 1. The average Bonchev–Trinajstić information content (AvgIpc) is 2.91. The van der Waals surface area contributed by atoms with Crippen molar-refractivity contribution in [2.24, 2.45) is 0 Å². The third-order valence-electron chi connectivity index (χ3n) is 1.98. The Morgan fingerprint density at radius 1 is 1.56 bits per heavy atom. The van der Waals surface area contributed by atoms with Crippen molar-refractivity contribution in [2.45, 2.75) is 0 Å². The summed E-state index contributed by atoms with van der Waals surface area (Å²) in [5, 5.41) is 15.0. The molecule has 2 N–H and O–H groups in total. The Bertz CT molecular complexity index is 514. The molecular weight excluding hydrogens is 238 g/mol. The van der Waals surface area contributed by atoms with Gasteiger partial charge in [-0.25, -0.2) is 19.4 Å². The molecule has 0 atom stereocenters. The zero-order valence-electron chi connectivity index (χ0n) is 9.35. The van der Waals surface area contributed by atoms with E-state index in [0.29, 0.717) is 11.5 Å². The van der Waals surface area contributed by atoms with E-state index in [2.05, 4.69) is 20.4 Å². The molecule has 94 valence electrons. The summed E-state index contributed by atoms with van der Waals surface area (Å²) in [6, 6.07) is 3.33. The molecule has 2 aromatic heterocycles. The molecule has 2 heterocycles. The van der Waals surface area contributed by atoms with E-state index in [0.717, 1.165) is 0 Å². The maximum Gasteiger partial charge on any atom is 0.411 e. The summed E-state index contributed by atoms with van der Waals surface area (Å²) in [7, 11) is 0. The van der Waals surface area contributed by atoms with Gasteiger partial charge in [-0.2, -0.15) is 5.10 Å². The van der Waals surface area contributed by atoms with Crippen molar-refractivity contribution < 1.29 is 14.6 Å². The second-order valence-electron chi connectivity index (χ2n) is 3.20. The largest absolute Gasteiger partial charge is 0.447 e. The molecule has 0 bridgehead atoms. The fraction of sp³-hybridized carbons (Fsp3) is 0.200. The molecule has 0 saturated carbocycles. The Morgan fingerprint density at radius 2 is 2.44 bits per heavy atom. The number of amides is 1. The van der Waals surface area contributed by atoms with Gasteiger partial charge in [0.2, 0.25) is 0 Å². The number of nitrogens with zero attached hydrogens (tertiary/aromatic N) is 4. The number of hydrogen-bond donors (Lipinski definition) is 2. The van der Waals surface area contributed by atoms with E-state index in [1.54, 1.807) is 18.3 Å². The zero-order valence-corrected chi connectivity index (χ0v) is 9.35. The summed E-state index contributed by atoms with van der Waals surface area (Å²) in [4.78, 5) is 19.3. The smallest absolute Gasteiger partial charge is 0.411 e. The van der Waals surface area contributed by atoms with Crippen LogP contribution in [0.1, 0.15) is 0 Å². The summed E-state index contributed by atoms with van der Waals surface area (Å²) in [6.07, 6.45) is 3.73. The summed E-state index contributed by atoms with van der Waals surface area (Å²) in [5.41, 5.74) is 0.436. The highest BCUT2D eigenvalue weighted by Gasteiger charge is 2.10. The minimum Gasteiger partial charge on any atom is -0.447 e. The second kappa shape index (κ2) is 5.73. The van der Waals surface area contributed by atoms with Crippen molar-refractivity contribution in [1.29, 1.82) is 0 Å². The quantitative estimate of drug-likeness (QED) is 0.802. The van der Waals surface area contributed by atoms with Crippen LogP contribution in [0.2, 0.25) is 0 Å². The van der Waals surface area contributed by atoms with E-state index in [1.807, 2.05) is 0 Å². The first kappa shape index (κ1) is 12.0. The molecule has 0 aliphatic heterocycles. The first-order chi connectivity index (χ1) is 8.81. The molecule has 0 fully saturated rings. The van der Waals surface area contributed by atoms with Crippen LogP contribution in [0.5, 0.6) is 0 Å². The van der Waals surface area contributed by atoms with Crippen LogP contribution in [0.4, 0.5) is 10.5 Å². The van der Waals surface area contributed by atoms with Crippen LogP contribution in [-0.2, 0) is 4.74 Å². The van der Waals surface area contributed by atoms with Crippen molar-refractivity contribution >= 4 is 11.8 Å². The van der Waals surface area contributed by atoms with E-state index in [4.69, 9.17) is 9.84 Å². The lowest BCUT2D eigenvalue weighted by Crippen LogP contribution is -2.17. The number of aliphatic hydroxyl groups is 1. The van der Waals surface area contributed by atoms with Gasteiger partial charge in [-0.1, -0.05) is 0 Å². The van der Waals surface area contributed by atoms with Gasteiger partial charge in [0.1, 0.15) is 19.3 Å². The third-order valence-corrected chi connectivity index (χ3v) is 1.98. The van der Waals surface area contributed by atoms with Gasteiger partial charge >= 0.3 is 6.09 Å². The summed E-state index contributed by atoms with van der Waals surface area (Å²) < 4.78 is 6.11. The zero-order chi connectivity index (χ0) is 12.8. The second-order valence-corrected chi connectivity index (χ2v) is 3.20. The summed E-state index contributed by atoms with van der Waals surface area (Å²) in [5.74, 6) is 0.427. The SMILES string of the molecule is O=C(Nc1cccnc1-n1cncn1)OCCO. The molecular formula is C10H11N5O3. The molecule has 0 aliphatic carbocycles. The van der Waals surface area contributed by atoms with Crippen molar-refractivity contribution in [1.82, 2.24) is 19.7 Å². The fourth-order valence-electron chi connectivity index (χ4n) is 1.28. The van der Waals surface area contributed by atoms with E-state index < -0.39 is 6.09 Å². The monoisotopic (exact) mass is 249 g/mol. The van der Waals surface area contributed by atoms with Gasteiger partial charge < -0.3 is 9.84 Å². The van der Waals surface area contributed by atoms with E-state index >= 15 is 0 Å². The molecule has 8 heteroatoms. The average molecular weight is 249 g/mol. The molecule has 0 spiro atoms. The first-order valence-electron chi connectivity index (χ1n) is 5.16. The number of ether oxygens (including phenoxy) is 1. The van der Waals surface area contributed by atoms with Crippen LogP contribution in [0, 0.1) is 0 Å². The normalized spacial score (nSPS) is 10.1. The first-order valence-corrected chi connectivity index (χ1v) is 5.16. The predicted molar refractivity (Wildman–Crippen MR) is 61.2 cm³/mol. The Balaban J connectivity index is 2.16. The molecule has 8 nitrogen and oxygen atoms in total. The van der Waals surface area contributed by atoms with Crippen LogP contribution in [0.25, 0.3) is 5.82 Å². The molecule has 0 aromatic carbocycles. The molecule has 1 amide bonds. The van der Waals surface area contributed by atoms with Gasteiger partial charge in [0.05, 0.1) is 12.3 Å². The number of carbonyl (C=O) groups is 1. The number of anilines is 1. The van der Waals surface area contributed by atoms with Crippen LogP contribution in [-0.4, -0.2) is 44.2 Å². The van der Waals surface area contributed by atoms with E-state index in [9.17, 15) is 4.79 Å². The number of pyridine rings is 1. The molecule has 0 saturated heterocycles. The van der Waals surface area contributed by atoms with E-state index in [1.165, 1.54) is 17.3 Å². The van der Waals surface area contributed by atoms with Crippen molar-refractivity contribution in [2.75, 3.05) is 18.5 Å². The van der Waals surface area contributed by atoms with Crippen molar-refractivity contribution in [3.05, 3.63) is 31.0 Å². The van der Waals surface area contributed by atoms with Gasteiger partial charge in [-0.05, 0) is 12.1 Å². The highest BCUT2D eigenvalue weighted by Crippen LogP contribution is 2.15. The number of nitrogens with one attached hydrogen (secondary N) is 1. The lowest BCUT2D eigenvalue weighted by molar-refractivity contribution is 0.131. The van der Waals surface area contributed by atoms with Crippen LogP contribution < -0.4 is 5.32 Å². The number of aromatic nitrogens is 4. The molecule has 2 aromatic rings. The Labute approximate surface area is 102 Å². The maximum atomic E-state index is 11.4. The highest BCUT2D eigenvalue weighted by molar-refractivity contribution is 5.86. The molecule has 18 heavy (non-hydrogen) atoms. The molecule has 2 rings (SSSR count). The minimum absolute atomic E-state index is 0.0647. The Hall–Kier alpha value is -2.48. The predicted octanol–water partition coefficient (Wildman–Crippen LogP) is 0.203. The third kappa shape index (κ3) is 2.80. The van der Waals surface area contributed by atoms with Gasteiger partial charge in [-0.3, -0.25) is 5.32 Å². The lowest BCUT2D eigenvalue weighted by atomic mass is 10.4. The molecule has 0 unspecified atom stereocenters. The van der Waals surface area contributed by atoms with Crippen molar-refractivity contribution in [3.63, 3.8) is 0 Å². The number of rotatable bonds is 4. The van der Waals surface area contributed by atoms with Crippen LogP contribution >= 0.6 is 0 Å². The molecule has 0 aliphatic rings. The minimum atomic E-state index is -0.668.